The van der Waals surface area contributed by atoms with E-state index in [2.05, 4.69) is 37.8 Å². The van der Waals surface area contributed by atoms with Crippen LogP contribution in [0.15, 0.2) is 23.1 Å². The topological polar surface area (TPSA) is 56.0 Å². The molecule has 6 heteroatoms. The van der Waals surface area contributed by atoms with Gasteiger partial charge in [0.25, 0.3) is 0 Å². The van der Waals surface area contributed by atoms with Crippen LogP contribution in [0, 0.1) is 27.7 Å². The number of benzene rings is 1. The highest BCUT2D eigenvalue weighted by Gasteiger charge is 2.28. The average molecular weight is 377 g/mol. The number of rotatable bonds is 4. The van der Waals surface area contributed by atoms with E-state index in [1.807, 2.05) is 33.2 Å². The standard InChI is InChI=1S/C22H27N5O/c1-7-17(8-2)25-9-10-26-19-20(25)23-16(6)24-21(19)27(22(26)28)18-14(4)11-13(3)12-15(18)5/h9-12,17H,7-8H2,1-6H3. The Labute approximate surface area is 165 Å². The molecule has 0 N–H and O–H groups in total. The van der Waals surface area contributed by atoms with Gasteiger partial charge in [0.1, 0.15) is 11.3 Å². The number of hydrogen-bond acceptors (Lipinski definition) is 4. The Morgan fingerprint density at radius 1 is 0.964 bits per heavy atom. The second kappa shape index (κ2) is 6.62. The van der Waals surface area contributed by atoms with E-state index in [1.54, 1.807) is 9.13 Å². The summed E-state index contributed by atoms with van der Waals surface area (Å²) in [7, 11) is 0. The molecule has 6 nitrogen and oxygen atoms in total. The van der Waals surface area contributed by atoms with Gasteiger partial charge in [-0.05, 0) is 51.7 Å². The van der Waals surface area contributed by atoms with E-state index in [0.717, 1.165) is 41.0 Å². The van der Waals surface area contributed by atoms with Gasteiger partial charge in [-0.2, -0.15) is 0 Å². The van der Waals surface area contributed by atoms with E-state index in [4.69, 9.17) is 9.97 Å². The fourth-order valence-electron chi connectivity index (χ4n) is 4.43. The maximum Gasteiger partial charge on any atom is 0.339 e. The van der Waals surface area contributed by atoms with Crippen molar-refractivity contribution in [3.8, 4) is 5.69 Å². The van der Waals surface area contributed by atoms with Crippen molar-refractivity contribution in [2.24, 2.45) is 0 Å². The fourth-order valence-corrected chi connectivity index (χ4v) is 4.43. The smallest absolute Gasteiger partial charge is 0.327 e. The third kappa shape index (κ3) is 2.58. The zero-order chi connectivity index (χ0) is 20.2. The maximum atomic E-state index is 13.4. The summed E-state index contributed by atoms with van der Waals surface area (Å²) in [5, 5.41) is 0. The molecule has 1 aromatic carbocycles. The van der Waals surface area contributed by atoms with Crippen LogP contribution >= 0.6 is 0 Å². The number of aryl methyl sites for hydroxylation is 4. The monoisotopic (exact) mass is 377 g/mol. The summed E-state index contributed by atoms with van der Waals surface area (Å²) in [4.78, 5) is 25.0. The van der Waals surface area contributed by atoms with Crippen LogP contribution in [0.4, 0.5) is 5.82 Å². The van der Waals surface area contributed by atoms with Crippen LogP contribution in [0.5, 0.6) is 0 Å². The highest BCUT2D eigenvalue weighted by molar-refractivity contribution is 5.90. The predicted octanol–water partition coefficient (Wildman–Crippen LogP) is 4.25. The van der Waals surface area contributed by atoms with Crippen LogP contribution in [0.1, 0.15) is 49.2 Å². The van der Waals surface area contributed by atoms with Crippen molar-refractivity contribution in [3.63, 3.8) is 0 Å². The summed E-state index contributed by atoms with van der Waals surface area (Å²) in [6, 6.07) is 4.56. The lowest BCUT2D eigenvalue weighted by Crippen LogP contribution is -2.33. The van der Waals surface area contributed by atoms with E-state index in [0.29, 0.717) is 17.5 Å². The molecule has 0 saturated heterocycles. The Balaban J connectivity index is 2.09. The van der Waals surface area contributed by atoms with Crippen LogP contribution in [0.3, 0.4) is 0 Å². The van der Waals surface area contributed by atoms with Crippen LogP contribution in [0.2, 0.25) is 0 Å². The first-order valence-electron chi connectivity index (χ1n) is 9.93. The molecule has 0 fully saturated rings. The van der Waals surface area contributed by atoms with Crippen molar-refractivity contribution in [2.75, 3.05) is 4.90 Å². The summed E-state index contributed by atoms with van der Waals surface area (Å²) in [6.07, 6.45) is 5.84. The molecule has 0 atom stereocenters. The minimum Gasteiger partial charge on any atom is -0.327 e. The average Bonchev–Trinajstić information content (AvgIpc) is 2.90. The molecular weight excluding hydrogens is 350 g/mol. The molecule has 0 bridgehead atoms. The first-order chi connectivity index (χ1) is 13.4. The van der Waals surface area contributed by atoms with Gasteiger partial charge in [0, 0.05) is 18.4 Å². The van der Waals surface area contributed by atoms with Gasteiger partial charge >= 0.3 is 5.69 Å². The van der Waals surface area contributed by atoms with E-state index in [-0.39, 0.29) is 5.69 Å². The van der Waals surface area contributed by atoms with Crippen molar-refractivity contribution in [1.29, 1.82) is 0 Å². The van der Waals surface area contributed by atoms with Gasteiger partial charge in [0.2, 0.25) is 0 Å². The molecule has 4 rings (SSSR count). The molecule has 0 aliphatic carbocycles. The predicted molar refractivity (Wildman–Crippen MR) is 114 cm³/mol. The first kappa shape index (κ1) is 18.5. The number of aromatic nitrogens is 4. The maximum absolute atomic E-state index is 13.4. The summed E-state index contributed by atoms with van der Waals surface area (Å²) in [5.41, 5.74) is 5.57. The van der Waals surface area contributed by atoms with E-state index in [1.165, 1.54) is 5.56 Å². The minimum atomic E-state index is -0.105. The molecule has 0 saturated carbocycles. The van der Waals surface area contributed by atoms with Crippen molar-refractivity contribution < 1.29 is 0 Å². The molecule has 3 aromatic rings. The minimum absolute atomic E-state index is 0.105. The molecular formula is C22H27N5O. The number of nitrogens with zero attached hydrogens (tertiary/aromatic N) is 5. The molecule has 0 unspecified atom stereocenters. The molecule has 2 aromatic heterocycles. The van der Waals surface area contributed by atoms with Gasteiger partial charge < -0.3 is 4.90 Å². The Morgan fingerprint density at radius 2 is 1.61 bits per heavy atom. The van der Waals surface area contributed by atoms with Crippen molar-refractivity contribution in [3.05, 3.63) is 51.3 Å². The quantitative estimate of drug-likeness (QED) is 0.682. The number of imidazole rings is 1. The Bertz CT molecular complexity index is 1140. The van der Waals surface area contributed by atoms with Gasteiger partial charge in [0.05, 0.1) is 5.69 Å². The third-order valence-electron chi connectivity index (χ3n) is 5.62. The van der Waals surface area contributed by atoms with Crippen LogP contribution in [-0.4, -0.2) is 25.1 Å². The summed E-state index contributed by atoms with van der Waals surface area (Å²) in [6.45, 7) is 12.4. The summed E-state index contributed by atoms with van der Waals surface area (Å²) in [5.74, 6) is 1.49. The number of hydrogen-bond donors (Lipinski definition) is 0. The molecule has 0 radical (unpaired) electrons. The molecule has 0 spiro atoms. The SMILES string of the molecule is CCC(CC)N1C=Cn2c(=O)n(-c3c(C)cc(C)cc3C)c3nc(C)nc1c32. The third-order valence-corrected chi connectivity index (χ3v) is 5.62. The van der Waals surface area contributed by atoms with E-state index < -0.39 is 0 Å². The zero-order valence-electron chi connectivity index (χ0n) is 17.4. The normalized spacial score (nSPS) is 13.2. The zero-order valence-corrected chi connectivity index (χ0v) is 17.4. The fraction of sp³-hybridized carbons (Fsp3) is 0.409. The van der Waals surface area contributed by atoms with Gasteiger partial charge in [-0.25, -0.2) is 19.3 Å². The Kier molecular flexibility index (Phi) is 4.37. The number of anilines is 1. The van der Waals surface area contributed by atoms with Crippen molar-refractivity contribution >= 4 is 23.2 Å². The summed E-state index contributed by atoms with van der Waals surface area (Å²) < 4.78 is 3.43. The van der Waals surface area contributed by atoms with Gasteiger partial charge in [0.15, 0.2) is 11.5 Å². The second-order valence-electron chi connectivity index (χ2n) is 7.68. The molecule has 1 aliphatic heterocycles. The highest BCUT2D eigenvalue weighted by Crippen LogP contribution is 2.32. The molecule has 3 heterocycles. The first-order valence-corrected chi connectivity index (χ1v) is 9.93. The Hall–Kier alpha value is -2.89. The highest BCUT2D eigenvalue weighted by atomic mass is 16.1. The molecule has 28 heavy (non-hydrogen) atoms. The molecule has 146 valence electrons. The van der Waals surface area contributed by atoms with E-state index >= 15 is 0 Å². The molecule has 0 amide bonds. The largest absolute Gasteiger partial charge is 0.339 e. The lowest BCUT2D eigenvalue weighted by molar-refractivity contribution is 0.601. The van der Waals surface area contributed by atoms with Gasteiger partial charge in [-0.3, -0.25) is 4.57 Å². The lowest BCUT2D eigenvalue weighted by Gasteiger charge is -2.30. The second-order valence-corrected chi connectivity index (χ2v) is 7.68. The van der Waals surface area contributed by atoms with Crippen LogP contribution < -0.4 is 10.6 Å². The van der Waals surface area contributed by atoms with Crippen LogP contribution in [0.25, 0.3) is 23.1 Å². The van der Waals surface area contributed by atoms with Gasteiger partial charge in [-0.15, -0.1) is 0 Å². The summed E-state index contributed by atoms with van der Waals surface area (Å²) >= 11 is 0. The molecule has 1 aliphatic rings. The van der Waals surface area contributed by atoms with E-state index in [9.17, 15) is 4.79 Å². The van der Waals surface area contributed by atoms with Crippen molar-refractivity contribution in [1.82, 2.24) is 19.1 Å². The van der Waals surface area contributed by atoms with Crippen molar-refractivity contribution in [2.45, 2.75) is 60.4 Å². The van der Waals surface area contributed by atoms with Gasteiger partial charge in [-0.1, -0.05) is 31.5 Å². The van der Waals surface area contributed by atoms with Crippen LogP contribution in [-0.2, 0) is 0 Å². The Morgan fingerprint density at radius 3 is 2.21 bits per heavy atom. The lowest BCUT2D eigenvalue weighted by atomic mass is 10.1.